The number of aromatic nitrogens is 1. The monoisotopic (exact) mass is 214 g/mol. The van der Waals surface area contributed by atoms with Gasteiger partial charge in [0.2, 0.25) is 5.91 Å². The van der Waals surface area contributed by atoms with Crippen LogP contribution in [0.5, 0.6) is 0 Å². The number of carbonyl (C=O) groups excluding carboxylic acids is 1. The Morgan fingerprint density at radius 1 is 1.71 bits per heavy atom. The van der Waals surface area contributed by atoms with Crippen molar-refractivity contribution in [3.05, 3.63) is 17.5 Å². The van der Waals surface area contributed by atoms with Crippen LogP contribution in [0.15, 0.2) is 10.6 Å². The number of hydrogen-bond donors (Lipinski definition) is 1. The minimum absolute atomic E-state index is 0.0205. The molecule has 0 atom stereocenters. The molecule has 1 N–H and O–H groups in total. The molecule has 5 heteroatoms. The van der Waals surface area contributed by atoms with Crippen LogP contribution in [-0.4, -0.2) is 16.9 Å². The van der Waals surface area contributed by atoms with Crippen molar-refractivity contribution in [1.82, 2.24) is 10.5 Å². The Bertz CT molecular complexity index is 333. The summed E-state index contributed by atoms with van der Waals surface area (Å²) in [5.74, 6) is 1.27. The van der Waals surface area contributed by atoms with Crippen molar-refractivity contribution in [2.75, 3.05) is 5.88 Å². The first-order valence-corrected chi connectivity index (χ1v) is 5.11. The molecule has 14 heavy (non-hydrogen) atoms. The fourth-order valence-electron chi connectivity index (χ4n) is 1.21. The lowest BCUT2D eigenvalue weighted by atomic mass is 10.3. The van der Waals surface area contributed by atoms with E-state index in [1.165, 1.54) is 12.8 Å². The van der Waals surface area contributed by atoms with Crippen LogP contribution in [0.25, 0.3) is 0 Å². The van der Waals surface area contributed by atoms with Crippen molar-refractivity contribution >= 4 is 17.5 Å². The summed E-state index contributed by atoms with van der Waals surface area (Å²) in [4.78, 5) is 10.8. The zero-order chi connectivity index (χ0) is 9.97. The highest BCUT2D eigenvalue weighted by atomic mass is 35.5. The Labute approximate surface area is 86.6 Å². The van der Waals surface area contributed by atoms with Crippen LogP contribution in [0, 0.1) is 0 Å². The fraction of sp³-hybridized carbons (Fsp3) is 0.556. The number of carbonyl (C=O) groups is 1. The molecule has 4 nitrogen and oxygen atoms in total. The van der Waals surface area contributed by atoms with E-state index in [1.54, 1.807) is 0 Å². The molecule has 1 saturated carbocycles. The van der Waals surface area contributed by atoms with Crippen LogP contribution in [-0.2, 0) is 11.3 Å². The average molecular weight is 215 g/mol. The lowest BCUT2D eigenvalue weighted by molar-refractivity contribution is -0.118. The number of rotatable bonds is 4. The van der Waals surface area contributed by atoms with E-state index >= 15 is 0 Å². The van der Waals surface area contributed by atoms with Crippen LogP contribution < -0.4 is 5.32 Å². The normalized spacial score (nSPS) is 15.5. The molecule has 1 fully saturated rings. The third-order valence-electron chi connectivity index (χ3n) is 2.14. The lowest BCUT2D eigenvalue weighted by Crippen LogP contribution is -2.23. The lowest BCUT2D eigenvalue weighted by Gasteiger charge is -1.96. The maximum atomic E-state index is 10.8. The second-order valence-electron chi connectivity index (χ2n) is 3.41. The van der Waals surface area contributed by atoms with Gasteiger partial charge in [-0.1, -0.05) is 5.16 Å². The molecular formula is C9H11ClN2O2. The second kappa shape index (κ2) is 4.00. The average Bonchev–Trinajstić information content (AvgIpc) is 2.95. The van der Waals surface area contributed by atoms with Crippen molar-refractivity contribution in [2.24, 2.45) is 0 Å². The largest absolute Gasteiger partial charge is 0.361 e. The summed E-state index contributed by atoms with van der Waals surface area (Å²) in [5.41, 5.74) is 0.755. The number of nitrogens with zero attached hydrogens (tertiary/aromatic N) is 1. The zero-order valence-electron chi connectivity index (χ0n) is 7.62. The molecule has 2 rings (SSSR count). The molecule has 76 valence electrons. The first-order valence-electron chi connectivity index (χ1n) is 4.57. The van der Waals surface area contributed by atoms with Gasteiger partial charge in [-0.25, -0.2) is 0 Å². The molecule has 0 bridgehead atoms. The van der Waals surface area contributed by atoms with E-state index < -0.39 is 0 Å². The Morgan fingerprint density at radius 2 is 2.50 bits per heavy atom. The van der Waals surface area contributed by atoms with Gasteiger partial charge in [-0.15, -0.1) is 11.6 Å². The Morgan fingerprint density at radius 3 is 3.14 bits per heavy atom. The number of halogens is 1. The van der Waals surface area contributed by atoms with Crippen molar-refractivity contribution in [3.63, 3.8) is 0 Å². The van der Waals surface area contributed by atoms with E-state index in [1.807, 2.05) is 6.07 Å². The summed E-state index contributed by atoms with van der Waals surface area (Å²) >= 11 is 5.33. The van der Waals surface area contributed by atoms with E-state index in [2.05, 4.69) is 10.5 Å². The fourth-order valence-corrected chi connectivity index (χ4v) is 1.30. The molecule has 0 aromatic carbocycles. The van der Waals surface area contributed by atoms with Crippen LogP contribution in [0.3, 0.4) is 0 Å². The van der Waals surface area contributed by atoms with E-state index in [4.69, 9.17) is 16.1 Å². The quantitative estimate of drug-likeness (QED) is 0.771. The van der Waals surface area contributed by atoms with Gasteiger partial charge in [0.1, 0.15) is 17.3 Å². The first kappa shape index (κ1) is 9.52. The highest BCUT2D eigenvalue weighted by Gasteiger charge is 2.27. The maximum Gasteiger partial charge on any atom is 0.235 e. The molecule has 0 aliphatic heterocycles. The predicted octanol–water partition coefficient (Wildman–Crippen LogP) is 1.41. The van der Waals surface area contributed by atoms with Gasteiger partial charge in [0.05, 0.1) is 6.54 Å². The van der Waals surface area contributed by atoms with Crippen LogP contribution in [0.1, 0.15) is 30.2 Å². The summed E-state index contributed by atoms with van der Waals surface area (Å²) in [6, 6.07) is 1.90. The van der Waals surface area contributed by atoms with E-state index in [-0.39, 0.29) is 11.8 Å². The Hall–Kier alpha value is -1.03. The molecule has 1 amide bonds. The Kier molecular flexibility index (Phi) is 2.72. The maximum absolute atomic E-state index is 10.8. The molecule has 0 spiro atoms. The predicted molar refractivity (Wildman–Crippen MR) is 51.0 cm³/mol. The second-order valence-corrected chi connectivity index (χ2v) is 3.67. The van der Waals surface area contributed by atoms with Gasteiger partial charge in [0.25, 0.3) is 0 Å². The molecule has 0 saturated heterocycles. The third-order valence-corrected chi connectivity index (χ3v) is 2.39. The van der Waals surface area contributed by atoms with Gasteiger partial charge >= 0.3 is 0 Å². The number of alkyl halides is 1. The van der Waals surface area contributed by atoms with Crippen LogP contribution in [0.4, 0.5) is 0 Å². The molecule has 1 aliphatic rings. The molecular weight excluding hydrogens is 204 g/mol. The summed E-state index contributed by atoms with van der Waals surface area (Å²) in [6.45, 7) is 0.391. The van der Waals surface area contributed by atoms with Gasteiger partial charge in [-0.2, -0.15) is 0 Å². The molecule has 0 unspecified atom stereocenters. The van der Waals surface area contributed by atoms with Crippen LogP contribution >= 0.6 is 11.6 Å². The molecule has 0 radical (unpaired) electrons. The SMILES string of the molecule is O=C(CCl)NCc1cc(C2CC2)on1. The standard InChI is InChI=1S/C9H11ClN2O2/c10-4-9(13)11-5-7-3-8(14-12-7)6-1-2-6/h3,6H,1-2,4-5H2,(H,11,13). The summed E-state index contributed by atoms with van der Waals surface area (Å²) in [7, 11) is 0. The first-order chi connectivity index (χ1) is 6.79. The molecule has 1 heterocycles. The topological polar surface area (TPSA) is 55.1 Å². The minimum atomic E-state index is -0.192. The van der Waals surface area contributed by atoms with Crippen LogP contribution in [0.2, 0.25) is 0 Å². The van der Waals surface area contributed by atoms with Gasteiger partial charge in [-0.3, -0.25) is 4.79 Å². The summed E-state index contributed by atoms with van der Waals surface area (Å²) < 4.78 is 5.12. The molecule has 1 aromatic heterocycles. The zero-order valence-corrected chi connectivity index (χ0v) is 8.38. The molecule has 1 aromatic rings. The highest BCUT2D eigenvalue weighted by Crippen LogP contribution is 2.40. The molecule has 1 aliphatic carbocycles. The third kappa shape index (κ3) is 2.26. The van der Waals surface area contributed by atoms with E-state index in [0.29, 0.717) is 12.5 Å². The van der Waals surface area contributed by atoms with Crippen molar-refractivity contribution in [2.45, 2.75) is 25.3 Å². The highest BCUT2D eigenvalue weighted by molar-refractivity contribution is 6.27. The van der Waals surface area contributed by atoms with Gasteiger partial charge in [0.15, 0.2) is 0 Å². The number of hydrogen-bond acceptors (Lipinski definition) is 3. The minimum Gasteiger partial charge on any atom is -0.361 e. The summed E-state index contributed by atoms with van der Waals surface area (Å²) in [5, 5.41) is 6.48. The van der Waals surface area contributed by atoms with Gasteiger partial charge < -0.3 is 9.84 Å². The van der Waals surface area contributed by atoms with Crippen molar-refractivity contribution in [1.29, 1.82) is 0 Å². The van der Waals surface area contributed by atoms with Crippen molar-refractivity contribution in [3.8, 4) is 0 Å². The number of nitrogens with one attached hydrogen (secondary N) is 1. The summed E-state index contributed by atoms with van der Waals surface area (Å²) in [6.07, 6.45) is 2.37. The van der Waals surface area contributed by atoms with E-state index in [0.717, 1.165) is 11.5 Å². The number of amides is 1. The smallest absolute Gasteiger partial charge is 0.235 e. The van der Waals surface area contributed by atoms with Gasteiger partial charge in [0, 0.05) is 12.0 Å². The van der Waals surface area contributed by atoms with E-state index in [9.17, 15) is 4.79 Å². The van der Waals surface area contributed by atoms with Gasteiger partial charge in [-0.05, 0) is 12.8 Å². The Balaban J connectivity index is 1.86. The van der Waals surface area contributed by atoms with Crippen molar-refractivity contribution < 1.29 is 9.32 Å².